The summed E-state index contributed by atoms with van der Waals surface area (Å²) in [6.45, 7) is -0.0581. The van der Waals surface area contributed by atoms with Gasteiger partial charge >= 0.3 is 0 Å². The minimum Gasteiger partial charge on any atom is -0.358 e. The lowest BCUT2D eigenvalue weighted by Crippen LogP contribution is -2.42. The van der Waals surface area contributed by atoms with Crippen LogP contribution >= 0.6 is 0 Å². The van der Waals surface area contributed by atoms with Crippen LogP contribution in [0, 0.1) is 0 Å². The zero-order valence-corrected chi connectivity index (χ0v) is 8.85. The lowest BCUT2D eigenvalue weighted by Gasteiger charge is -2.05. The van der Waals surface area contributed by atoms with Gasteiger partial charge in [0, 0.05) is 7.05 Å². The molecule has 7 nitrogen and oxygen atoms in total. The Labute approximate surface area is 88.0 Å². The van der Waals surface area contributed by atoms with Crippen molar-refractivity contribution in [2.45, 2.75) is 0 Å². The molecule has 0 aliphatic carbocycles. The molecular weight excluding hydrogens is 200 g/mol. The lowest BCUT2D eigenvalue weighted by atomic mass is 10.5. The van der Waals surface area contributed by atoms with Crippen molar-refractivity contribution in [1.82, 2.24) is 21.3 Å². The predicted octanol–water partition coefficient (Wildman–Crippen LogP) is -2.82. The molecule has 7 heteroatoms. The fourth-order valence-corrected chi connectivity index (χ4v) is 0.732. The van der Waals surface area contributed by atoms with E-state index in [1.165, 1.54) is 7.05 Å². The van der Waals surface area contributed by atoms with Crippen LogP contribution in [0.4, 0.5) is 0 Å². The Morgan fingerprint density at radius 3 is 1.73 bits per heavy atom. The summed E-state index contributed by atoms with van der Waals surface area (Å²) in [5, 5.41) is 9.72. The molecule has 0 aliphatic heterocycles. The fraction of sp³-hybridized carbons (Fsp3) is 0.625. The van der Waals surface area contributed by atoms with E-state index in [1.807, 2.05) is 0 Å². The van der Waals surface area contributed by atoms with Gasteiger partial charge in [0.15, 0.2) is 0 Å². The van der Waals surface area contributed by atoms with Gasteiger partial charge in [-0.25, -0.2) is 0 Å². The van der Waals surface area contributed by atoms with Crippen LogP contribution in [0.2, 0.25) is 0 Å². The summed E-state index contributed by atoms with van der Waals surface area (Å²) in [7, 11) is 3.11. The molecule has 0 aromatic carbocycles. The zero-order chi connectivity index (χ0) is 11.7. The molecule has 0 fully saturated rings. The number of hydrogen-bond donors (Lipinski definition) is 4. The van der Waals surface area contributed by atoms with Gasteiger partial charge in [0.05, 0.1) is 19.6 Å². The topological polar surface area (TPSA) is 99.3 Å². The van der Waals surface area contributed by atoms with Crippen LogP contribution in [-0.2, 0) is 14.4 Å². The quantitative estimate of drug-likeness (QED) is 0.385. The van der Waals surface area contributed by atoms with Gasteiger partial charge in [-0.15, -0.1) is 0 Å². The van der Waals surface area contributed by atoms with Crippen LogP contribution in [0.1, 0.15) is 0 Å². The second kappa shape index (κ2) is 7.74. The fourth-order valence-electron chi connectivity index (χ4n) is 0.732. The molecule has 0 rings (SSSR count). The van der Waals surface area contributed by atoms with Crippen molar-refractivity contribution in [3.63, 3.8) is 0 Å². The number of nitrogens with one attached hydrogen (secondary N) is 4. The monoisotopic (exact) mass is 216 g/mol. The number of hydrogen-bond acceptors (Lipinski definition) is 4. The average Bonchev–Trinajstić information content (AvgIpc) is 2.23. The Morgan fingerprint density at radius 2 is 1.27 bits per heavy atom. The molecule has 0 aromatic rings. The first-order valence-corrected chi connectivity index (χ1v) is 4.48. The standard InChI is InChI=1S/C8H16N4O3/c1-9-3-7(14)12-5-8(15)11-4-6(13)10-2/h9H,3-5H2,1-2H3,(H,10,13)(H,11,15)(H,12,14). The third-order valence-electron chi connectivity index (χ3n) is 1.51. The van der Waals surface area contributed by atoms with Gasteiger partial charge in [0.2, 0.25) is 17.7 Å². The molecule has 4 N–H and O–H groups in total. The normalized spacial score (nSPS) is 9.20. The molecule has 0 saturated carbocycles. The van der Waals surface area contributed by atoms with Gasteiger partial charge < -0.3 is 21.3 Å². The first-order valence-electron chi connectivity index (χ1n) is 4.48. The van der Waals surface area contributed by atoms with Gasteiger partial charge in [-0.3, -0.25) is 14.4 Å². The van der Waals surface area contributed by atoms with Crippen molar-refractivity contribution in [2.75, 3.05) is 33.7 Å². The van der Waals surface area contributed by atoms with E-state index in [1.54, 1.807) is 7.05 Å². The van der Waals surface area contributed by atoms with E-state index in [4.69, 9.17) is 0 Å². The van der Waals surface area contributed by atoms with Crippen LogP contribution in [-0.4, -0.2) is 51.5 Å². The molecule has 0 saturated heterocycles. The predicted molar refractivity (Wildman–Crippen MR) is 54.0 cm³/mol. The van der Waals surface area contributed by atoms with Gasteiger partial charge in [-0.05, 0) is 7.05 Å². The smallest absolute Gasteiger partial charge is 0.239 e. The lowest BCUT2D eigenvalue weighted by molar-refractivity contribution is -0.127. The van der Waals surface area contributed by atoms with Gasteiger partial charge in [-0.2, -0.15) is 0 Å². The maximum Gasteiger partial charge on any atom is 0.239 e. The molecule has 0 spiro atoms. The SMILES string of the molecule is CNCC(=O)NCC(=O)NCC(=O)NC. The van der Waals surface area contributed by atoms with Crippen molar-refractivity contribution in [3.05, 3.63) is 0 Å². The summed E-state index contributed by atoms with van der Waals surface area (Å²) in [5.41, 5.74) is 0. The Morgan fingerprint density at radius 1 is 0.800 bits per heavy atom. The highest BCUT2D eigenvalue weighted by molar-refractivity contribution is 5.88. The highest BCUT2D eigenvalue weighted by Crippen LogP contribution is 1.67. The Bertz CT molecular complexity index is 242. The second-order valence-corrected chi connectivity index (χ2v) is 2.76. The molecule has 0 unspecified atom stereocenters. The number of likely N-dealkylation sites (N-methyl/N-ethyl adjacent to an activating group) is 2. The van der Waals surface area contributed by atoms with Gasteiger partial charge in [0.1, 0.15) is 0 Å². The highest BCUT2D eigenvalue weighted by Gasteiger charge is 2.05. The van der Waals surface area contributed by atoms with Crippen LogP contribution in [0.15, 0.2) is 0 Å². The Hall–Kier alpha value is -1.63. The summed E-state index contributed by atoms with van der Waals surface area (Å²) in [6.07, 6.45) is 0. The molecule has 0 atom stereocenters. The molecule has 3 amide bonds. The summed E-state index contributed by atoms with van der Waals surface area (Å²) < 4.78 is 0. The number of carbonyl (C=O) groups excluding carboxylic acids is 3. The summed E-state index contributed by atoms with van der Waals surface area (Å²) in [6, 6.07) is 0. The van der Waals surface area contributed by atoms with E-state index >= 15 is 0 Å². The molecule has 0 aromatic heterocycles. The first kappa shape index (κ1) is 13.4. The first-order chi connectivity index (χ1) is 7.10. The zero-order valence-electron chi connectivity index (χ0n) is 8.85. The third-order valence-corrected chi connectivity index (χ3v) is 1.51. The second-order valence-electron chi connectivity index (χ2n) is 2.76. The van der Waals surface area contributed by atoms with Crippen molar-refractivity contribution in [3.8, 4) is 0 Å². The largest absolute Gasteiger partial charge is 0.358 e. The molecule has 0 bridgehead atoms. The Balaban J connectivity index is 3.57. The summed E-state index contributed by atoms with van der Waals surface area (Å²) in [4.78, 5) is 32.7. The number of carbonyl (C=O) groups is 3. The maximum absolute atomic E-state index is 11.0. The van der Waals surface area contributed by atoms with E-state index in [9.17, 15) is 14.4 Å². The van der Waals surface area contributed by atoms with Gasteiger partial charge in [-0.1, -0.05) is 0 Å². The molecule has 0 heterocycles. The van der Waals surface area contributed by atoms with E-state index in [2.05, 4.69) is 21.3 Å². The number of amides is 3. The van der Waals surface area contributed by atoms with Crippen molar-refractivity contribution >= 4 is 17.7 Å². The molecule has 0 radical (unpaired) electrons. The molecular formula is C8H16N4O3. The van der Waals surface area contributed by atoms with Crippen LogP contribution in [0.5, 0.6) is 0 Å². The maximum atomic E-state index is 11.0. The third kappa shape index (κ3) is 7.44. The highest BCUT2D eigenvalue weighted by atomic mass is 16.2. The molecule has 86 valence electrons. The van der Waals surface area contributed by atoms with Crippen molar-refractivity contribution in [2.24, 2.45) is 0 Å². The van der Waals surface area contributed by atoms with E-state index in [0.29, 0.717) is 0 Å². The van der Waals surface area contributed by atoms with Crippen LogP contribution in [0.3, 0.4) is 0 Å². The van der Waals surface area contributed by atoms with Crippen molar-refractivity contribution in [1.29, 1.82) is 0 Å². The molecule has 0 aliphatic rings. The van der Waals surface area contributed by atoms with Crippen LogP contribution < -0.4 is 21.3 Å². The Kier molecular flexibility index (Phi) is 6.90. The summed E-state index contributed by atoms with van der Waals surface area (Å²) >= 11 is 0. The van der Waals surface area contributed by atoms with Gasteiger partial charge in [0.25, 0.3) is 0 Å². The van der Waals surface area contributed by atoms with E-state index in [-0.39, 0.29) is 31.4 Å². The minimum absolute atomic E-state index is 0.0861. The minimum atomic E-state index is -0.400. The number of rotatable bonds is 6. The average molecular weight is 216 g/mol. The van der Waals surface area contributed by atoms with Crippen molar-refractivity contribution < 1.29 is 14.4 Å². The van der Waals surface area contributed by atoms with E-state index in [0.717, 1.165) is 0 Å². The van der Waals surface area contributed by atoms with E-state index < -0.39 is 5.91 Å². The summed E-state index contributed by atoms with van der Waals surface area (Å²) in [5.74, 6) is -0.958. The molecule has 15 heavy (non-hydrogen) atoms. The van der Waals surface area contributed by atoms with Crippen LogP contribution in [0.25, 0.3) is 0 Å².